The Labute approximate surface area is 160 Å². The van der Waals surface area contributed by atoms with Crippen molar-refractivity contribution in [2.24, 2.45) is 17.8 Å². The highest BCUT2D eigenvalue weighted by Gasteiger charge is 2.35. The van der Waals surface area contributed by atoms with Crippen LogP contribution in [0.3, 0.4) is 0 Å². The first-order chi connectivity index (χ1) is 13.1. The molecule has 2 aromatic rings. The standard InChI is InChI=1S/C24H28F2O/c1-3-10-27-20-13-19-8-9-21(24(26)23(19)22(25)14-20)18-7-6-16-11-15(2)4-5-17(16)12-18/h3,8-9,13-18H,1,4-7,10-12H2,2H3. The molecule has 0 aliphatic heterocycles. The molecule has 0 heterocycles. The van der Waals surface area contributed by atoms with Gasteiger partial charge in [0.15, 0.2) is 0 Å². The third-order valence-electron chi connectivity index (χ3n) is 6.69. The highest BCUT2D eigenvalue weighted by atomic mass is 19.1. The molecule has 4 unspecified atom stereocenters. The SMILES string of the molecule is C=CCOc1cc(F)c2c(F)c(C3CCC4CC(C)CCC4C3)ccc2c1. The van der Waals surface area contributed by atoms with Gasteiger partial charge < -0.3 is 4.74 Å². The number of hydrogen-bond donors (Lipinski definition) is 0. The first kappa shape index (κ1) is 18.5. The van der Waals surface area contributed by atoms with Gasteiger partial charge in [0.05, 0.1) is 5.39 Å². The van der Waals surface area contributed by atoms with E-state index >= 15 is 4.39 Å². The van der Waals surface area contributed by atoms with E-state index in [1.165, 1.54) is 31.7 Å². The van der Waals surface area contributed by atoms with E-state index in [-0.39, 0.29) is 17.1 Å². The molecule has 2 aliphatic carbocycles. The maximum absolute atomic E-state index is 15.3. The quantitative estimate of drug-likeness (QED) is 0.526. The molecule has 2 aliphatic rings. The van der Waals surface area contributed by atoms with Crippen LogP contribution in [0.2, 0.25) is 0 Å². The van der Waals surface area contributed by atoms with Crippen LogP contribution < -0.4 is 4.74 Å². The number of hydrogen-bond acceptors (Lipinski definition) is 1. The summed E-state index contributed by atoms with van der Waals surface area (Å²) < 4.78 is 35.4. The molecule has 0 radical (unpaired) electrons. The van der Waals surface area contributed by atoms with Crippen LogP contribution >= 0.6 is 0 Å². The van der Waals surface area contributed by atoms with E-state index in [0.717, 1.165) is 24.7 Å². The third-order valence-corrected chi connectivity index (χ3v) is 6.69. The Morgan fingerprint density at radius 2 is 1.85 bits per heavy atom. The van der Waals surface area contributed by atoms with E-state index in [1.807, 2.05) is 12.1 Å². The maximum atomic E-state index is 15.3. The molecule has 0 aromatic heterocycles. The van der Waals surface area contributed by atoms with Crippen LogP contribution in [-0.4, -0.2) is 6.61 Å². The van der Waals surface area contributed by atoms with Gasteiger partial charge in [0.25, 0.3) is 0 Å². The Balaban J connectivity index is 1.62. The second-order valence-electron chi connectivity index (χ2n) is 8.52. The van der Waals surface area contributed by atoms with Crippen molar-refractivity contribution in [1.82, 2.24) is 0 Å². The lowest BCUT2D eigenvalue weighted by Crippen LogP contribution is -2.29. The van der Waals surface area contributed by atoms with Gasteiger partial charge in [-0.3, -0.25) is 0 Å². The Morgan fingerprint density at radius 1 is 1.07 bits per heavy atom. The lowest BCUT2D eigenvalue weighted by Gasteiger charge is -2.41. The van der Waals surface area contributed by atoms with Gasteiger partial charge in [0.1, 0.15) is 24.0 Å². The van der Waals surface area contributed by atoms with Crippen LogP contribution in [0, 0.1) is 29.4 Å². The number of halogens is 2. The van der Waals surface area contributed by atoms with Gasteiger partial charge in [0, 0.05) is 6.07 Å². The van der Waals surface area contributed by atoms with Gasteiger partial charge in [-0.25, -0.2) is 8.78 Å². The smallest absolute Gasteiger partial charge is 0.137 e. The van der Waals surface area contributed by atoms with Gasteiger partial charge >= 0.3 is 0 Å². The fraction of sp³-hybridized carbons (Fsp3) is 0.500. The minimum absolute atomic E-state index is 0.0952. The molecule has 0 N–H and O–H groups in total. The second kappa shape index (κ2) is 7.61. The molecule has 3 heteroatoms. The van der Waals surface area contributed by atoms with Crippen LogP contribution in [-0.2, 0) is 0 Å². The third kappa shape index (κ3) is 3.61. The van der Waals surface area contributed by atoms with Crippen molar-refractivity contribution in [2.45, 2.75) is 51.4 Å². The maximum Gasteiger partial charge on any atom is 0.137 e. The average Bonchev–Trinajstić information content (AvgIpc) is 2.66. The van der Waals surface area contributed by atoms with Crippen molar-refractivity contribution in [3.63, 3.8) is 0 Å². The molecule has 2 aromatic carbocycles. The van der Waals surface area contributed by atoms with Crippen molar-refractivity contribution >= 4 is 10.8 Å². The summed E-state index contributed by atoms with van der Waals surface area (Å²) in [7, 11) is 0. The molecule has 0 saturated heterocycles. The van der Waals surface area contributed by atoms with E-state index < -0.39 is 5.82 Å². The summed E-state index contributed by atoms with van der Waals surface area (Å²) in [6, 6.07) is 6.68. The van der Waals surface area contributed by atoms with Gasteiger partial charge in [-0.15, -0.1) is 0 Å². The summed E-state index contributed by atoms with van der Waals surface area (Å²) in [6.45, 7) is 6.24. The molecule has 144 valence electrons. The van der Waals surface area contributed by atoms with Crippen LogP contribution in [0.25, 0.3) is 10.8 Å². The number of fused-ring (bicyclic) bond motifs is 2. The minimum Gasteiger partial charge on any atom is -0.489 e. The van der Waals surface area contributed by atoms with Gasteiger partial charge in [-0.2, -0.15) is 0 Å². The zero-order valence-electron chi connectivity index (χ0n) is 16.0. The van der Waals surface area contributed by atoms with Gasteiger partial charge in [0.2, 0.25) is 0 Å². The molecule has 4 rings (SSSR count). The molecule has 0 bridgehead atoms. The minimum atomic E-state index is -0.550. The fourth-order valence-corrected chi connectivity index (χ4v) is 5.32. The zero-order chi connectivity index (χ0) is 19.0. The Bertz CT molecular complexity index is 844. The topological polar surface area (TPSA) is 9.23 Å². The summed E-state index contributed by atoms with van der Waals surface area (Å²) in [5.74, 6) is 2.01. The number of ether oxygens (including phenoxy) is 1. The molecule has 2 fully saturated rings. The monoisotopic (exact) mass is 370 g/mol. The van der Waals surface area contributed by atoms with Gasteiger partial charge in [-0.05, 0) is 72.8 Å². The van der Waals surface area contributed by atoms with Crippen LogP contribution in [0.5, 0.6) is 5.75 Å². The van der Waals surface area contributed by atoms with E-state index in [2.05, 4.69) is 13.5 Å². The van der Waals surface area contributed by atoms with Crippen molar-refractivity contribution in [2.75, 3.05) is 6.61 Å². The Morgan fingerprint density at radius 3 is 2.67 bits per heavy atom. The normalized spacial score (nSPS) is 28.0. The first-order valence-electron chi connectivity index (χ1n) is 10.2. The summed E-state index contributed by atoms with van der Waals surface area (Å²) in [5, 5.41) is 0.647. The van der Waals surface area contributed by atoms with Crippen LogP contribution in [0.1, 0.15) is 56.9 Å². The van der Waals surface area contributed by atoms with Crippen molar-refractivity contribution in [1.29, 1.82) is 0 Å². The lowest BCUT2D eigenvalue weighted by molar-refractivity contribution is 0.124. The fourth-order valence-electron chi connectivity index (χ4n) is 5.32. The van der Waals surface area contributed by atoms with E-state index in [0.29, 0.717) is 29.2 Å². The molecule has 0 spiro atoms. The largest absolute Gasteiger partial charge is 0.489 e. The second-order valence-corrected chi connectivity index (χ2v) is 8.52. The van der Waals surface area contributed by atoms with E-state index in [9.17, 15) is 4.39 Å². The Hall–Kier alpha value is -1.90. The number of rotatable bonds is 4. The molecule has 0 amide bonds. The van der Waals surface area contributed by atoms with E-state index in [1.54, 1.807) is 12.1 Å². The van der Waals surface area contributed by atoms with Crippen molar-refractivity contribution in [3.8, 4) is 5.75 Å². The highest BCUT2D eigenvalue weighted by molar-refractivity contribution is 5.86. The molecule has 27 heavy (non-hydrogen) atoms. The number of benzene rings is 2. The zero-order valence-corrected chi connectivity index (χ0v) is 16.0. The molecule has 4 atom stereocenters. The molecule has 1 nitrogen and oxygen atoms in total. The first-order valence-corrected chi connectivity index (χ1v) is 10.2. The van der Waals surface area contributed by atoms with Crippen molar-refractivity contribution in [3.05, 3.63) is 54.1 Å². The van der Waals surface area contributed by atoms with Crippen molar-refractivity contribution < 1.29 is 13.5 Å². The summed E-state index contributed by atoms with van der Waals surface area (Å²) in [6.07, 6.45) is 8.70. The predicted molar refractivity (Wildman–Crippen MR) is 106 cm³/mol. The van der Waals surface area contributed by atoms with E-state index in [4.69, 9.17) is 4.74 Å². The Kier molecular flexibility index (Phi) is 5.21. The summed E-state index contributed by atoms with van der Waals surface area (Å²) in [4.78, 5) is 0. The predicted octanol–water partition coefficient (Wildman–Crippen LogP) is 7.00. The molecular weight excluding hydrogens is 342 g/mol. The van der Waals surface area contributed by atoms with Crippen LogP contribution in [0.4, 0.5) is 8.78 Å². The summed E-state index contributed by atoms with van der Waals surface area (Å²) >= 11 is 0. The lowest BCUT2D eigenvalue weighted by atomic mass is 9.64. The average molecular weight is 370 g/mol. The van der Waals surface area contributed by atoms with Crippen LogP contribution in [0.15, 0.2) is 36.9 Å². The summed E-state index contributed by atoms with van der Waals surface area (Å²) in [5.41, 5.74) is 0.693. The molecular formula is C24H28F2O. The van der Waals surface area contributed by atoms with Gasteiger partial charge in [-0.1, -0.05) is 38.1 Å². The highest BCUT2D eigenvalue weighted by Crippen LogP contribution is 2.48. The molecule has 2 saturated carbocycles.